The molecular formula is C27H31N5O4. The molecule has 1 N–H and O–H groups in total. The van der Waals surface area contributed by atoms with E-state index in [1.807, 2.05) is 65.1 Å². The minimum Gasteiger partial charge on any atom is -0.463 e. The maximum absolute atomic E-state index is 13.2. The molecule has 188 valence electrons. The molecule has 0 aliphatic carbocycles. The number of amides is 2. The van der Waals surface area contributed by atoms with E-state index < -0.39 is 5.60 Å². The largest absolute Gasteiger partial charge is 0.463 e. The quantitative estimate of drug-likeness (QED) is 0.410. The summed E-state index contributed by atoms with van der Waals surface area (Å²) in [5.41, 5.74) is 4.17. The Morgan fingerprint density at radius 2 is 1.89 bits per heavy atom. The number of rotatable bonds is 3. The number of ether oxygens (including phenoxy) is 1. The smallest absolute Gasteiger partial charge is 0.410 e. The summed E-state index contributed by atoms with van der Waals surface area (Å²) in [7, 11) is 0. The van der Waals surface area contributed by atoms with Crippen molar-refractivity contribution < 1.29 is 18.7 Å². The van der Waals surface area contributed by atoms with Crippen LogP contribution in [0.25, 0.3) is 16.6 Å². The van der Waals surface area contributed by atoms with Crippen molar-refractivity contribution in [3.8, 4) is 0 Å². The summed E-state index contributed by atoms with van der Waals surface area (Å²) in [6, 6.07) is 7.53. The van der Waals surface area contributed by atoms with Crippen molar-refractivity contribution in [2.45, 2.75) is 59.0 Å². The van der Waals surface area contributed by atoms with Crippen LogP contribution in [0.2, 0.25) is 0 Å². The molecule has 2 amide bonds. The average Bonchev–Trinajstić information content (AvgIpc) is 3.44. The zero-order valence-electron chi connectivity index (χ0n) is 21.3. The summed E-state index contributed by atoms with van der Waals surface area (Å²) < 4.78 is 13.0. The van der Waals surface area contributed by atoms with E-state index in [0.717, 1.165) is 40.7 Å². The van der Waals surface area contributed by atoms with Crippen LogP contribution in [0.15, 0.2) is 41.1 Å². The summed E-state index contributed by atoms with van der Waals surface area (Å²) in [6.45, 7) is 10.7. The number of anilines is 1. The van der Waals surface area contributed by atoms with Gasteiger partial charge in [0.2, 0.25) is 0 Å². The monoisotopic (exact) mass is 489 g/mol. The van der Waals surface area contributed by atoms with Crippen molar-refractivity contribution in [2.24, 2.45) is 0 Å². The van der Waals surface area contributed by atoms with Crippen LogP contribution in [-0.2, 0) is 4.74 Å². The molecule has 1 aromatic carbocycles. The molecule has 0 radical (unpaired) electrons. The van der Waals surface area contributed by atoms with Gasteiger partial charge < -0.3 is 19.4 Å². The molecule has 1 saturated heterocycles. The topological polar surface area (TPSA) is 102 Å². The first-order valence-electron chi connectivity index (χ1n) is 12.2. The number of aromatic nitrogens is 3. The fourth-order valence-corrected chi connectivity index (χ4v) is 4.81. The Balaban J connectivity index is 1.34. The standard InChI is InChI=1S/C27H31N5O4/c1-16-14-22(30-32-15-17(2)28-24(16)32)29-25(33)21-7-6-19(20-10-13-35-23(20)21)18-8-11-31(12-9-18)26(34)36-27(3,4)5/h6-7,10,13-15,18H,8-9,11-12H2,1-5H3,(H,29,30,33). The Labute approximate surface area is 209 Å². The van der Waals surface area contributed by atoms with Gasteiger partial charge in [-0.3, -0.25) is 4.79 Å². The zero-order valence-corrected chi connectivity index (χ0v) is 21.3. The molecule has 0 spiro atoms. The lowest BCUT2D eigenvalue weighted by molar-refractivity contribution is 0.0205. The third-order valence-electron chi connectivity index (χ3n) is 6.45. The molecule has 0 atom stereocenters. The molecule has 4 heterocycles. The van der Waals surface area contributed by atoms with E-state index >= 15 is 0 Å². The van der Waals surface area contributed by atoms with Crippen LogP contribution in [-0.4, -0.2) is 50.2 Å². The normalized spacial score (nSPS) is 15.0. The van der Waals surface area contributed by atoms with Gasteiger partial charge in [-0.25, -0.2) is 14.3 Å². The molecule has 9 nitrogen and oxygen atoms in total. The Bertz CT molecular complexity index is 1450. The number of nitrogens with one attached hydrogen (secondary N) is 1. The first kappa shape index (κ1) is 23.8. The highest BCUT2D eigenvalue weighted by atomic mass is 16.6. The van der Waals surface area contributed by atoms with E-state index in [1.165, 1.54) is 0 Å². The highest BCUT2D eigenvalue weighted by molar-refractivity contribution is 6.11. The number of carbonyl (C=O) groups is 2. The maximum atomic E-state index is 13.2. The minimum absolute atomic E-state index is 0.261. The number of furan rings is 1. The Morgan fingerprint density at radius 3 is 2.61 bits per heavy atom. The molecule has 3 aromatic heterocycles. The van der Waals surface area contributed by atoms with E-state index in [9.17, 15) is 9.59 Å². The van der Waals surface area contributed by atoms with Gasteiger partial charge in [0, 0.05) is 18.5 Å². The van der Waals surface area contributed by atoms with E-state index in [2.05, 4.69) is 15.4 Å². The summed E-state index contributed by atoms with van der Waals surface area (Å²) >= 11 is 0. The van der Waals surface area contributed by atoms with Gasteiger partial charge in [0.25, 0.3) is 5.91 Å². The van der Waals surface area contributed by atoms with Gasteiger partial charge in [0.05, 0.1) is 23.7 Å². The van der Waals surface area contributed by atoms with Gasteiger partial charge in [-0.05, 0) is 82.7 Å². The van der Waals surface area contributed by atoms with E-state index in [1.54, 1.807) is 15.7 Å². The lowest BCUT2D eigenvalue weighted by Gasteiger charge is -2.33. The fraction of sp³-hybridized carbons (Fsp3) is 0.407. The second-order valence-corrected chi connectivity index (χ2v) is 10.4. The SMILES string of the molecule is Cc1cn2nc(NC(=O)c3ccc(C4CCN(C(=O)OC(C)(C)C)CC4)c4ccoc34)cc(C)c2n1. The molecule has 1 aliphatic rings. The van der Waals surface area contributed by atoms with Crippen LogP contribution in [0.5, 0.6) is 0 Å². The number of nitrogens with zero attached hydrogens (tertiary/aromatic N) is 4. The molecule has 0 bridgehead atoms. The highest BCUT2D eigenvalue weighted by Crippen LogP contribution is 2.35. The van der Waals surface area contributed by atoms with Gasteiger partial charge in [-0.15, -0.1) is 5.10 Å². The van der Waals surface area contributed by atoms with Crippen LogP contribution in [0.3, 0.4) is 0 Å². The lowest BCUT2D eigenvalue weighted by atomic mass is 9.87. The molecule has 5 rings (SSSR count). The third-order valence-corrected chi connectivity index (χ3v) is 6.45. The van der Waals surface area contributed by atoms with Gasteiger partial charge >= 0.3 is 6.09 Å². The van der Waals surface area contributed by atoms with Crippen molar-refractivity contribution in [3.63, 3.8) is 0 Å². The number of likely N-dealkylation sites (tertiary alicyclic amines) is 1. The van der Waals surface area contributed by atoms with Crippen LogP contribution >= 0.6 is 0 Å². The Kier molecular flexibility index (Phi) is 5.94. The Morgan fingerprint density at radius 1 is 1.14 bits per heavy atom. The molecular weight excluding hydrogens is 458 g/mol. The van der Waals surface area contributed by atoms with Crippen LogP contribution in [0.1, 0.15) is 66.7 Å². The molecule has 1 fully saturated rings. The molecule has 0 saturated carbocycles. The van der Waals surface area contributed by atoms with Crippen molar-refractivity contribution in [3.05, 3.63) is 59.1 Å². The first-order valence-corrected chi connectivity index (χ1v) is 12.2. The zero-order chi connectivity index (χ0) is 25.6. The van der Waals surface area contributed by atoms with Gasteiger partial charge in [-0.2, -0.15) is 0 Å². The van der Waals surface area contributed by atoms with Crippen molar-refractivity contribution >= 4 is 34.4 Å². The lowest BCUT2D eigenvalue weighted by Crippen LogP contribution is -2.41. The van der Waals surface area contributed by atoms with Crippen LogP contribution in [0, 0.1) is 13.8 Å². The predicted molar refractivity (Wildman–Crippen MR) is 136 cm³/mol. The van der Waals surface area contributed by atoms with E-state index in [4.69, 9.17) is 9.15 Å². The number of aryl methyl sites for hydroxylation is 2. The molecule has 36 heavy (non-hydrogen) atoms. The number of benzene rings is 1. The van der Waals surface area contributed by atoms with E-state index in [0.29, 0.717) is 30.1 Å². The average molecular weight is 490 g/mol. The third kappa shape index (κ3) is 4.65. The summed E-state index contributed by atoms with van der Waals surface area (Å²) in [6.07, 6.45) is 4.81. The van der Waals surface area contributed by atoms with Crippen molar-refractivity contribution in [1.82, 2.24) is 19.5 Å². The molecule has 4 aromatic rings. The first-order chi connectivity index (χ1) is 17.1. The van der Waals surface area contributed by atoms with E-state index in [-0.39, 0.29) is 17.9 Å². The number of fused-ring (bicyclic) bond motifs is 2. The summed E-state index contributed by atoms with van der Waals surface area (Å²) in [4.78, 5) is 31.9. The summed E-state index contributed by atoms with van der Waals surface area (Å²) in [5, 5.41) is 8.29. The van der Waals surface area contributed by atoms with Gasteiger partial charge in [-0.1, -0.05) is 6.07 Å². The van der Waals surface area contributed by atoms with Crippen LogP contribution < -0.4 is 5.32 Å². The molecule has 0 unspecified atom stereocenters. The molecule has 1 aliphatic heterocycles. The van der Waals surface area contributed by atoms with Crippen molar-refractivity contribution in [2.75, 3.05) is 18.4 Å². The predicted octanol–water partition coefficient (Wildman–Crippen LogP) is 5.46. The van der Waals surface area contributed by atoms with Crippen molar-refractivity contribution in [1.29, 1.82) is 0 Å². The van der Waals surface area contributed by atoms with Crippen LogP contribution in [0.4, 0.5) is 10.6 Å². The number of piperidine rings is 1. The fourth-order valence-electron chi connectivity index (χ4n) is 4.81. The van der Waals surface area contributed by atoms with Gasteiger partial charge in [0.15, 0.2) is 11.5 Å². The Hall–Kier alpha value is -3.88. The van der Waals surface area contributed by atoms with Gasteiger partial charge in [0.1, 0.15) is 11.2 Å². The number of hydrogen-bond acceptors (Lipinski definition) is 6. The second kappa shape index (κ2) is 8.96. The summed E-state index contributed by atoms with van der Waals surface area (Å²) in [5.74, 6) is 0.419. The number of imidazole rings is 1. The number of carbonyl (C=O) groups excluding carboxylic acids is 2. The molecule has 9 heteroatoms. The highest BCUT2D eigenvalue weighted by Gasteiger charge is 2.29. The number of hydrogen-bond donors (Lipinski definition) is 1. The second-order valence-electron chi connectivity index (χ2n) is 10.4. The minimum atomic E-state index is -0.509. The maximum Gasteiger partial charge on any atom is 0.410 e.